The normalized spacial score (nSPS) is 17.6. The van der Waals surface area contributed by atoms with E-state index in [1.165, 1.54) is 5.56 Å². The Balaban J connectivity index is 1.44. The quantitative estimate of drug-likeness (QED) is 0.341. The minimum absolute atomic E-state index is 0.0243. The smallest absolute Gasteiger partial charge is 0.304 e. The Morgan fingerprint density at radius 2 is 1.80 bits per heavy atom. The second-order valence-electron chi connectivity index (χ2n) is 11.5. The van der Waals surface area contributed by atoms with Crippen LogP contribution < -0.4 is 4.74 Å². The summed E-state index contributed by atoms with van der Waals surface area (Å²) in [6.45, 7) is 8.47. The van der Waals surface area contributed by atoms with Crippen molar-refractivity contribution < 1.29 is 19.4 Å². The molecular formula is C33H36N4O4. The largest absolute Gasteiger partial charge is 0.494 e. The van der Waals surface area contributed by atoms with Gasteiger partial charge in [0.15, 0.2) is 0 Å². The number of aliphatic carboxylic acids is 1. The van der Waals surface area contributed by atoms with E-state index in [1.807, 2.05) is 54.6 Å². The lowest BCUT2D eigenvalue weighted by atomic mass is 9.83. The van der Waals surface area contributed by atoms with Crippen molar-refractivity contribution in [3.63, 3.8) is 0 Å². The molecule has 8 heteroatoms. The molecule has 1 unspecified atom stereocenters. The van der Waals surface area contributed by atoms with Gasteiger partial charge in [-0.3, -0.25) is 9.59 Å². The van der Waals surface area contributed by atoms with E-state index in [9.17, 15) is 14.7 Å². The zero-order valence-corrected chi connectivity index (χ0v) is 23.9. The fourth-order valence-corrected chi connectivity index (χ4v) is 6.51. The monoisotopic (exact) mass is 552 g/mol. The molecule has 0 radical (unpaired) electrons. The van der Waals surface area contributed by atoms with Crippen molar-refractivity contribution in [3.05, 3.63) is 87.0 Å². The first-order valence-electron chi connectivity index (χ1n) is 14.5. The minimum atomic E-state index is -0.854. The summed E-state index contributed by atoms with van der Waals surface area (Å²) >= 11 is 0. The summed E-state index contributed by atoms with van der Waals surface area (Å²) in [4.78, 5) is 27.8. The van der Waals surface area contributed by atoms with Crippen molar-refractivity contribution in [1.82, 2.24) is 19.9 Å². The van der Waals surface area contributed by atoms with Gasteiger partial charge in [0.05, 0.1) is 18.5 Å². The summed E-state index contributed by atoms with van der Waals surface area (Å²) < 4.78 is 8.02. The summed E-state index contributed by atoms with van der Waals surface area (Å²) in [5.74, 6) is -0.373. The molecule has 0 fully saturated rings. The first-order valence-corrected chi connectivity index (χ1v) is 14.5. The van der Waals surface area contributed by atoms with Crippen LogP contribution in [0.1, 0.15) is 80.9 Å². The van der Waals surface area contributed by atoms with Gasteiger partial charge in [-0.25, -0.2) is 4.68 Å². The molecule has 1 amide bonds. The number of rotatable bonds is 2. The molecule has 5 aliphatic heterocycles. The first kappa shape index (κ1) is 27.0. The molecule has 4 aromatic rings. The number of hydrogen-bond acceptors (Lipinski definition) is 5. The molecule has 1 atom stereocenters. The van der Waals surface area contributed by atoms with Crippen molar-refractivity contribution in [2.24, 2.45) is 0 Å². The van der Waals surface area contributed by atoms with Crippen molar-refractivity contribution in [2.45, 2.75) is 71.9 Å². The highest BCUT2D eigenvalue weighted by Gasteiger charge is 2.27. The number of carboxylic acid groups (broad SMARTS) is 1. The number of ether oxygens (including phenoxy) is 1. The van der Waals surface area contributed by atoms with Crippen LogP contribution in [0.25, 0.3) is 11.0 Å². The number of hydrogen-bond donors (Lipinski definition) is 1. The average molecular weight is 553 g/mol. The van der Waals surface area contributed by atoms with Gasteiger partial charge in [-0.2, -0.15) is 0 Å². The van der Waals surface area contributed by atoms with Crippen LogP contribution in [0.2, 0.25) is 0 Å². The van der Waals surface area contributed by atoms with Gasteiger partial charge in [-0.1, -0.05) is 29.5 Å². The molecule has 0 saturated heterocycles. The number of carboxylic acids is 1. The Kier molecular flexibility index (Phi) is 7.24. The third-order valence-corrected chi connectivity index (χ3v) is 8.67. The van der Waals surface area contributed by atoms with Crippen LogP contribution in [0.15, 0.2) is 42.5 Å². The number of nitrogens with zero attached hydrogens (tertiary/aromatic N) is 4. The lowest BCUT2D eigenvalue weighted by Gasteiger charge is -2.31. The molecule has 6 heterocycles. The fraction of sp³-hybridized carbons (Fsp3) is 0.394. The SMILES string of the molecule is Cc1cc2cc(C)c1C(=O)N1CCc3ccc(cc3C1)C(CC(=O)O)c1ccc3c(nnn3CCCCCO2)c1C. The van der Waals surface area contributed by atoms with E-state index in [2.05, 4.69) is 28.5 Å². The number of carbonyl (C=O) groups is 2. The zero-order valence-electron chi connectivity index (χ0n) is 23.9. The molecule has 1 aromatic heterocycles. The third-order valence-electron chi connectivity index (χ3n) is 8.67. The number of amides is 1. The predicted molar refractivity (Wildman–Crippen MR) is 157 cm³/mol. The highest BCUT2D eigenvalue weighted by atomic mass is 16.5. The third kappa shape index (κ3) is 5.19. The topological polar surface area (TPSA) is 97.5 Å². The molecule has 3 aromatic carbocycles. The van der Waals surface area contributed by atoms with Crippen LogP contribution in [-0.4, -0.2) is 50.0 Å². The summed E-state index contributed by atoms with van der Waals surface area (Å²) in [5, 5.41) is 18.8. The minimum Gasteiger partial charge on any atom is -0.494 e. The molecule has 0 spiro atoms. The maximum Gasteiger partial charge on any atom is 0.304 e. The van der Waals surface area contributed by atoms with Gasteiger partial charge >= 0.3 is 5.97 Å². The van der Waals surface area contributed by atoms with Gasteiger partial charge < -0.3 is 14.7 Å². The summed E-state index contributed by atoms with van der Waals surface area (Å²) in [6.07, 6.45) is 3.58. The summed E-state index contributed by atoms with van der Waals surface area (Å²) in [7, 11) is 0. The Bertz CT molecular complexity index is 1630. The van der Waals surface area contributed by atoms with Gasteiger partial charge in [0.1, 0.15) is 11.3 Å². The van der Waals surface area contributed by atoms with E-state index in [0.717, 1.165) is 88.0 Å². The molecule has 0 saturated carbocycles. The van der Waals surface area contributed by atoms with Crippen LogP contribution in [-0.2, 0) is 24.3 Å². The summed E-state index contributed by atoms with van der Waals surface area (Å²) in [6, 6.07) is 14.3. The van der Waals surface area contributed by atoms with Gasteiger partial charge in [-0.15, -0.1) is 5.10 Å². The summed E-state index contributed by atoms with van der Waals surface area (Å²) in [5.41, 5.74) is 9.46. The molecular weight excluding hydrogens is 516 g/mol. The van der Waals surface area contributed by atoms with Crippen LogP contribution in [0.5, 0.6) is 5.75 Å². The maximum atomic E-state index is 13.8. The average Bonchev–Trinajstić information content (AvgIpc) is 3.36. The standard InChI is InChI=1S/C33H36N4O4/c1-20-15-26-16-21(2)31(20)33(40)36-13-11-23-7-8-24(17-25(23)19-36)28(18-30(38)39)27-9-10-29-32(22(27)3)34-35-37(29)12-5-4-6-14-41-26/h7-10,15-17,28H,4-6,11-14,18-19H2,1-3H3,(H,38,39). The second kappa shape index (κ2) is 11.0. The lowest BCUT2D eigenvalue weighted by molar-refractivity contribution is -0.137. The highest BCUT2D eigenvalue weighted by Crippen LogP contribution is 2.36. The van der Waals surface area contributed by atoms with Gasteiger partial charge in [0.25, 0.3) is 5.91 Å². The van der Waals surface area contributed by atoms with Crippen LogP contribution in [0, 0.1) is 20.8 Å². The number of aryl methyl sites for hydroxylation is 4. The highest BCUT2D eigenvalue weighted by molar-refractivity contribution is 5.97. The van der Waals surface area contributed by atoms with Crippen LogP contribution in [0.4, 0.5) is 0 Å². The molecule has 8 nitrogen and oxygen atoms in total. The van der Waals surface area contributed by atoms with Crippen LogP contribution in [0.3, 0.4) is 0 Å². The van der Waals surface area contributed by atoms with Gasteiger partial charge in [-0.05, 0) is 104 Å². The van der Waals surface area contributed by atoms with Crippen molar-refractivity contribution in [2.75, 3.05) is 13.2 Å². The second-order valence-corrected chi connectivity index (χ2v) is 11.5. The van der Waals surface area contributed by atoms with E-state index < -0.39 is 5.97 Å². The van der Waals surface area contributed by atoms with E-state index in [-0.39, 0.29) is 18.2 Å². The number of carbonyl (C=O) groups excluding carboxylic acids is 1. The fourth-order valence-electron chi connectivity index (χ4n) is 6.51. The Labute approximate surface area is 239 Å². The van der Waals surface area contributed by atoms with Crippen LogP contribution >= 0.6 is 0 Å². The van der Waals surface area contributed by atoms with E-state index in [0.29, 0.717) is 19.7 Å². The predicted octanol–water partition coefficient (Wildman–Crippen LogP) is 5.72. The molecule has 5 aliphatic rings. The molecule has 41 heavy (non-hydrogen) atoms. The van der Waals surface area contributed by atoms with Crippen molar-refractivity contribution >= 4 is 22.9 Å². The van der Waals surface area contributed by atoms with Crippen molar-refractivity contribution in [3.8, 4) is 5.75 Å². The maximum absolute atomic E-state index is 13.8. The van der Waals surface area contributed by atoms with Crippen molar-refractivity contribution in [1.29, 1.82) is 0 Å². The van der Waals surface area contributed by atoms with Gasteiger partial charge in [0.2, 0.25) is 0 Å². The lowest BCUT2D eigenvalue weighted by Crippen LogP contribution is -2.36. The molecule has 0 aliphatic carbocycles. The zero-order chi connectivity index (χ0) is 28.7. The van der Waals surface area contributed by atoms with E-state index in [4.69, 9.17) is 4.74 Å². The molecule has 9 bridgehead atoms. The molecule has 9 rings (SSSR count). The van der Waals surface area contributed by atoms with E-state index in [1.54, 1.807) is 0 Å². The van der Waals surface area contributed by atoms with E-state index >= 15 is 0 Å². The molecule has 212 valence electrons. The Hall–Kier alpha value is -4.20. The number of benzene rings is 3. The molecule has 1 N–H and O–H groups in total. The first-order chi connectivity index (χ1) is 19.8. The number of aromatic nitrogens is 3. The Morgan fingerprint density at radius 1 is 1.00 bits per heavy atom. The van der Waals surface area contributed by atoms with Gasteiger partial charge in [0, 0.05) is 31.1 Å². The Morgan fingerprint density at radius 3 is 2.59 bits per heavy atom.